The highest BCUT2D eigenvalue weighted by Crippen LogP contribution is 2.57. The van der Waals surface area contributed by atoms with E-state index in [1.807, 2.05) is 0 Å². The molecule has 1 aromatic heterocycles. The van der Waals surface area contributed by atoms with Crippen molar-refractivity contribution in [3.05, 3.63) is 41.5 Å². The highest BCUT2D eigenvalue weighted by atomic mass is 32.3. The average molecular weight is 443 g/mol. The monoisotopic (exact) mass is 442 g/mol. The van der Waals surface area contributed by atoms with Gasteiger partial charge in [0.1, 0.15) is 21.9 Å². The van der Waals surface area contributed by atoms with Gasteiger partial charge in [0.25, 0.3) is 5.91 Å². The predicted octanol–water partition coefficient (Wildman–Crippen LogP) is 2.89. The van der Waals surface area contributed by atoms with Gasteiger partial charge in [0, 0.05) is 24.8 Å². The molecule has 0 saturated heterocycles. The second-order valence-electron chi connectivity index (χ2n) is 7.53. The number of anilines is 1. The fraction of sp³-hybridized carbons (Fsp3) is 0.412. The van der Waals surface area contributed by atoms with Gasteiger partial charge in [-0.3, -0.25) is 18.9 Å². The smallest absolute Gasteiger partial charge is 0.277 e. The largest absolute Gasteiger partial charge is 0.386 e. The number of aromatic nitrogens is 2. The summed E-state index contributed by atoms with van der Waals surface area (Å²) in [6.45, 7) is 4.82. The van der Waals surface area contributed by atoms with Crippen LogP contribution in [0.3, 0.4) is 0 Å². The minimum absolute atomic E-state index is 0.00376. The number of rotatable bonds is 3. The molecule has 2 aromatic rings. The average Bonchev–Trinajstić information content (AvgIpc) is 3.16. The summed E-state index contributed by atoms with van der Waals surface area (Å²) in [6.07, 6.45) is 1.34. The van der Waals surface area contributed by atoms with Gasteiger partial charge in [-0.15, -0.1) is 10.8 Å². The van der Waals surface area contributed by atoms with E-state index in [0.717, 1.165) is 11.7 Å². The molecule has 1 aliphatic rings. The van der Waals surface area contributed by atoms with E-state index in [1.165, 1.54) is 35.7 Å². The van der Waals surface area contributed by atoms with Gasteiger partial charge in [0.05, 0.1) is 17.9 Å². The van der Waals surface area contributed by atoms with E-state index < -0.39 is 32.8 Å². The summed E-state index contributed by atoms with van der Waals surface area (Å²) in [5.74, 6) is -1.02. The fourth-order valence-corrected chi connectivity index (χ4v) is 5.06. The van der Waals surface area contributed by atoms with Crippen LogP contribution in [0.25, 0.3) is 0 Å². The van der Waals surface area contributed by atoms with Gasteiger partial charge in [-0.25, -0.2) is 8.70 Å². The highest BCUT2D eigenvalue weighted by Gasteiger charge is 2.48. The maximum absolute atomic E-state index is 14.8. The van der Waals surface area contributed by atoms with Crippen molar-refractivity contribution in [1.82, 2.24) is 13.1 Å². The molecule has 0 unspecified atom stereocenters. The molecule has 9 nitrogen and oxygen atoms in total. The van der Waals surface area contributed by atoms with E-state index in [-0.39, 0.29) is 23.6 Å². The molecule has 1 aromatic carbocycles. The molecular weight excluding hydrogens is 419 g/mol. The number of nitrogens with zero attached hydrogens (tertiary/aromatic N) is 4. The molecule has 0 saturated carbocycles. The number of carbonyl (C=O) groups is 1. The van der Waals surface area contributed by atoms with Crippen LogP contribution in [0.2, 0.25) is 0 Å². The number of amidine groups is 1. The van der Waals surface area contributed by atoms with E-state index in [0.29, 0.717) is 5.69 Å². The van der Waals surface area contributed by atoms with Gasteiger partial charge in [-0.1, -0.05) is 0 Å². The third-order valence-electron chi connectivity index (χ3n) is 5.03. The molecule has 1 atom stereocenters. The Bertz CT molecular complexity index is 966. The maximum atomic E-state index is 14.8. The number of carbonyl (C=O) groups excluding carboxylic acids is 1. The summed E-state index contributed by atoms with van der Waals surface area (Å²) in [5, 5.41) is 2.65. The van der Waals surface area contributed by atoms with Crippen LogP contribution < -0.4 is 11.1 Å². The van der Waals surface area contributed by atoms with Crippen LogP contribution in [0, 0.1) is 5.82 Å². The number of hydrogen-bond donors (Lipinski definition) is 4. The van der Waals surface area contributed by atoms with Crippen molar-refractivity contribution in [3.8, 4) is 0 Å². The topological polar surface area (TPSA) is 137 Å². The Balaban J connectivity index is 2.02. The quantitative estimate of drug-likeness (QED) is 0.573. The summed E-state index contributed by atoms with van der Waals surface area (Å²) >= 11 is 0.905. The maximum Gasteiger partial charge on any atom is 0.277 e. The molecule has 29 heavy (non-hydrogen) atoms. The number of benzene rings is 1. The molecule has 12 heteroatoms. The summed E-state index contributed by atoms with van der Waals surface area (Å²) < 4.78 is 44.0. The van der Waals surface area contributed by atoms with Crippen molar-refractivity contribution in [2.45, 2.75) is 31.1 Å². The van der Waals surface area contributed by atoms with Crippen molar-refractivity contribution in [1.29, 1.82) is 0 Å². The van der Waals surface area contributed by atoms with Crippen molar-refractivity contribution in [2.75, 3.05) is 18.9 Å². The van der Waals surface area contributed by atoms with Crippen LogP contribution in [-0.2, 0) is 5.54 Å². The summed E-state index contributed by atoms with van der Waals surface area (Å²) in [7, 11) is -1.77. The van der Waals surface area contributed by atoms with Crippen molar-refractivity contribution < 1.29 is 18.3 Å². The third kappa shape index (κ3) is 3.73. The Morgan fingerprint density at radius 1 is 1.38 bits per heavy atom. The van der Waals surface area contributed by atoms with Crippen LogP contribution in [0.5, 0.6) is 0 Å². The molecule has 1 aliphatic heterocycles. The zero-order chi connectivity index (χ0) is 21.6. The number of nitrogens with one attached hydrogen (secondary N) is 1. The Labute approximate surface area is 173 Å². The van der Waals surface area contributed by atoms with E-state index in [4.69, 9.17) is 5.73 Å². The van der Waals surface area contributed by atoms with Crippen molar-refractivity contribution >= 4 is 39.9 Å². The lowest BCUT2D eigenvalue weighted by Crippen LogP contribution is -2.46. The molecular formula is C17H23FN6O3S2. The highest BCUT2D eigenvalue weighted by molar-refractivity contribution is 8.24. The normalized spacial score (nSPS) is 25.0. The van der Waals surface area contributed by atoms with Crippen LogP contribution >= 0.6 is 22.5 Å². The van der Waals surface area contributed by atoms with Gasteiger partial charge in [0.15, 0.2) is 5.69 Å². The third-order valence-corrected chi connectivity index (χ3v) is 8.09. The number of nitrogens with two attached hydrogens (primary N) is 1. The Morgan fingerprint density at radius 2 is 2.07 bits per heavy atom. The lowest BCUT2D eigenvalue weighted by Gasteiger charge is -2.50. The Hall–Kier alpha value is -2.12. The second-order valence-corrected chi connectivity index (χ2v) is 10.8. The zero-order valence-corrected chi connectivity index (χ0v) is 18.0. The van der Waals surface area contributed by atoms with E-state index in [2.05, 4.69) is 19.1 Å². The first-order valence-corrected chi connectivity index (χ1v) is 10.9. The first-order valence-electron chi connectivity index (χ1n) is 8.62. The van der Waals surface area contributed by atoms with Gasteiger partial charge in [0.2, 0.25) is 0 Å². The minimum atomic E-state index is -3.30. The standard InChI is InChI=1S/C17H23FN6O3S2/c1-16(2)15(19)22-17(3,9-24(4)29(16,26)27)11-7-10(5-6-12(11)18)21-14(25)13-8-20-28-23-13/h5-8,26-27H,9H2,1-4H3,(H2,19,22)(H,21,25)/t17-/m0/s1. The van der Waals surface area contributed by atoms with Crippen molar-refractivity contribution in [3.63, 3.8) is 0 Å². The van der Waals surface area contributed by atoms with Gasteiger partial charge < -0.3 is 11.1 Å². The molecule has 0 radical (unpaired) electrons. The molecule has 0 fully saturated rings. The second kappa shape index (κ2) is 7.29. The van der Waals surface area contributed by atoms with Gasteiger partial charge >= 0.3 is 0 Å². The molecule has 0 spiro atoms. The predicted molar refractivity (Wildman–Crippen MR) is 113 cm³/mol. The molecule has 5 N–H and O–H groups in total. The number of halogens is 1. The number of amides is 1. The van der Waals surface area contributed by atoms with Crippen LogP contribution in [0.1, 0.15) is 36.8 Å². The summed E-state index contributed by atoms with van der Waals surface area (Å²) in [5.41, 5.74) is 5.55. The minimum Gasteiger partial charge on any atom is -0.386 e. The molecule has 158 valence electrons. The van der Waals surface area contributed by atoms with Crippen molar-refractivity contribution in [2.24, 2.45) is 10.7 Å². The van der Waals surface area contributed by atoms with Gasteiger partial charge in [-0.05, 0) is 39.0 Å². The number of aliphatic imine (C=N–C) groups is 1. The first-order chi connectivity index (χ1) is 13.4. The first kappa shape index (κ1) is 21.6. The molecule has 1 amide bonds. The molecule has 2 heterocycles. The molecule has 0 aliphatic carbocycles. The van der Waals surface area contributed by atoms with Crippen LogP contribution in [0.15, 0.2) is 29.4 Å². The van der Waals surface area contributed by atoms with E-state index in [9.17, 15) is 18.3 Å². The lowest BCUT2D eigenvalue weighted by molar-refractivity contribution is 0.102. The van der Waals surface area contributed by atoms with Crippen LogP contribution in [0.4, 0.5) is 10.1 Å². The summed E-state index contributed by atoms with van der Waals surface area (Å²) in [4.78, 5) is 16.7. The SMILES string of the molecule is CN1C[C@@](C)(c2cc(NC(=O)c3cnsn3)ccc2F)N=C(N)C(C)(C)S1(O)O. The lowest BCUT2D eigenvalue weighted by atomic mass is 9.91. The number of likely N-dealkylation sites (N-methyl/N-ethyl adjacent to an activating group) is 1. The van der Waals surface area contributed by atoms with Crippen LogP contribution in [-0.4, -0.2) is 52.2 Å². The van der Waals surface area contributed by atoms with E-state index in [1.54, 1.807) is 20.8 Å². The fourth-order valence-electron chi connectivity index (χ4n) is 3.11. The molecule has 3 rings (SSSR count). The van der Waals surface area contributed by atoms with E-state index >= 15 is 0 Å². The molecule has 0 bridgehead atoms. The zero-order valence-electron chi connectivity index (χ0n) is 16.4. The number of hydrogen-bond acceptors (Lipinski definition) is 9. The summed E-state index contributed by atoms with van der Waals surface area (Å²) in [6, 6.07) is 4.10. The van der Waals surface area contributed by atoms with Gasteiger partial charge in [-0.2, -0.15) is 8.75 Å². The Kier molecular flexibility index (Phi) is 5.43. The Morgan fingerprint density at radius 3 is 2.69 bits per heavy atom.